The van der Waals surface area contributed by atoms with Gasteiger partial charge in [-0.15, -0.1) is 4.72 Å². The zero-order valence-corrected chi connectivity index (χ0v) is 15.5. The Morgan fingerprint density at radius 3 is 2.46 bits per heavy atom. The van der Waals surface area contributed by atoms with Crippen LogP contribution in [0.4, 0.5) is 0 Å². The van der Waals surface area contributed by atoms with Crippen LogP contribution in [0.5, 0.6) is 0 Å². The Hall–Kier alpha value is -1.80. The van der Waals surface area contributed by atoms with E-state index < -0.39 is 11.4 Å². The highest BCUT2D eigenvalue weighted by atomic mass is 32.2. The van der Waals surface area contributed by atoms with Crippen LogP contribution in [0.2, 0.25) is 0 Å². The molecule has 2 atom stereocenters. The van der Waals surface area contributed by atoms with Crippen molar-refractivity contribution in [2.45, 2.75) is 44.4 Å². The molecular weight excluding hydrogens is 316 g/mol. The molecule has 0 bridgehead atoms. The minimum atomic E-state index is -1.15. The highest BCUT2D eigenvalue weighted by Gasteiger charge is 2.14. The zero-order valence-electron chi connectivity index (χ0n) is 14.7. The Labute approximate surface area is 148 Å². The summed E-state index contributed by atoms with van der Waals surface area (Å²) in [6.07, 6.45) is 1.96. The van der Waals surface area contributed by atoms with Gasteiger partial charge in [0.1, 0.15) is 0 Å². The first-order valence-corrected chi connectivity index (χ1v) is 9.30. The van der Waals surface area contributed by atoms with Crippen molar-refractivity contribution < 1.29 is 4.55 Å². The maximum atomic E-state index is 12.0. The second-order valence-electron chi connectivity index (χ2n) is 6.17. The molecule has 0 aliphatic rings. The zero-order chi connectivity index (χ0) is 17.7. The van der Waals surface area contributed by atoms with Gasteiger partial charge in [0, 0.05) is 7.05 Å². The number of nitriles is 1. The van der Waals surface area contributed by atoms with Gasteiger partial charge in [-0.05, 0) is 79.1 Å². The molecule has 0 saturated heterocycles. The van der Waals surface area contributed by atoms with Crippen LogP contribution in [0, 0.1) is 25.2 Å². The van der Waals surface area contributed by atoms with E-state index in [0.717, 1.165) is 17.7 Å². The highest BCUT2D eigenvalue weighted by Crippen LogP contribution is 2.25. The van der Waals surface area contributed by atoms with Crippen LogP contribution in [-0.4, -0.2) is 11.6 Å². The molecule has 0 aliphatic carbocycles. The van der Waals surface area contributed by atoms with Gasteiger partial charge in [-0.3, -0.25) is 0 Å². The molecule has 1 unspecified atom stereocenters. The van der Waals surface area contributed by atoms with Crippen LogP contribution in [0.3, 0.4) is 0 Å². The maximum absolute atomic E-state index is 12.0. The summed E-state index contributed by atoms with van der Waals surface area (Å²) in [5.41, 5.74) is 5.66. The minimum Gasteiger partial charge on any atom is -0.593 e. The van der Waals surface area contributed by atoms with E-state index in [0.29, 0.717) is 11.5 Å². The topological polar surface area (TPSA) is 58.9 Å². The van der Waals surface area contributed by atoms with Crippen molar-refractivity contribution in [2.75, 3.05) is 7.05 Å². The lowest BCUT2D eigenvalue weighted by molar-refractivity contribution is 0.586. The standard InChI is InChI=1S/C20H24N2OS/c1-14(18-9-6-17(13-21)7-10-18)5-8-19-12-20(24(23)22-4)11-15(2)16(19)3/h6-7,9-12,14,22H,5,8H2,1-4H3/t14-,24?/m1/s1. The summed E-state index contributed by atoms with van der Waals surface area (Å²) in [5.74, 6) is 0.413. The van der Waals surface area contributed by atoms with Gasteiger partial charge in [-0.25, -0.2) is 0 Å². The van der Waals surface area contributed by atoms with Gasteiger partial charge < -0.3 is 4.55 Å². The monoisotopic (exact) mass is 340 g/mol. The number of hydrogen-bond acceptors (Lipinski definition) is 3. The van der Waals surface area contributed by atoms with E-state index in [1.54, 1.807) is 7.05 Å². The molecule has 0 saturated carbocycles. The fourth-order valence-electron chi connectivity index (χ4n) is 2.81. The normalized spacial score (nSPS) is 13.3. The molecular formula is C20H24N2OS. The quantitative estimate of drug-likeness (QED) is 0.804. The van der Waals surface area contributed by atoms with E-state index in [4.69, 9.17) is 5.26 Å². The van der Waals surface area contributed by atoms with Crippen molar-refractivity contribution in [3.8, 4) is 6.07 Å². The van der Waals surface area contributed by atoms with Crippen molar-refractivity contribution in [3.05, 3.63) is 64.2 Å². The summed E-state index contributed by atoms with van der Waals surface area (Å²) in [7, 11) is 1.71. The van der Waals surface area contributed by atoms with Crippen LogP contribution in [0.25, 0.3) is 0 Å². The average molecular weight is 340 g/mol. The molecule has 2 aromatic carbocycles. The Morgan fingerprint density at radius 2 is 1.88 bits per heavy atom. The lowest BCUT2D eigenvalue weighted by Crippen LogP contribution is -2.19. The molecule has 24 heavy (non-hydrogen) atoms. The number of hydrogen-bond donors (Lipinski definition) is 1. The number of aryl methyl sites for hydroxylation is 2. The molecule has 0 aliphatic heterocycles. The van der Waals surface area contributed by atoms with Crippen LogP contribution in [0.15, 0.2) is 41.3 Å². The first kappa shape index (κ1) is 18.5. The second kappa shape index (κ2) is 8.34. The fraction of sp³-hybridized carbons (Fsp3) is 0.350. The molecule has 4 heteroatoms. The third-order valence-electron chi connectivity index (χ3n) is 4.60. The van der Waals surface area contributed by atoms with Crippen molar-refractivity contribution in [1.29, 1.82) is 5.26 Å². The third-order valence-corrected chi connectivity index (χ3v) is 5.64. The maximum Gasteiger partial charge on any atom is 0.174 e. The molecule has 1 N–H and O–H groups in total. The lowest BCUT2D eigenvalue weighted by atomic mass is 9.91. The first-order chi connectivity index (χ1) is 11.5. The summed E-state index contributed by atoms with van der Waals surface area (Å²) in [6.45, 7) is 6.40. The molecule has 2 aromatic rings. The van der Waals surface area contributed by atoms with Crippen LogP contribution >= 0.6 is 0 Å². The Balaban J connectivity index is 2.12. The molecule has 0 aromatic heterocycles. The van der Waals surface area contributed by atoms with Gasteiger partial charge in [0.25, 0.3) is 0 Å². The van der Waals surface area contributed by atoms with Crippen molar-refractivity contribution in [1.82, 2.24) is 4.72 Å². The lowest BCUT2D eigenvalue weighted by Gasteiger charge is -2.16. The predicted molar refractivity (Wildman–Crippen MR) is 99.3 cm³/mol. The summed E-state index contributed by atoms with van der Waals surface area (Å²) in [5, 5.41) is 8.89. The van der Waals surface area contributed by atoms with Crippen molar-refractivity contribution in [3.63, 3.8) is 0 Å². The Morgan fingerprint density at radius 1 is 1.21 bits per heavy atom. The largest absolute Gasteiger partial charge is 0.593 e. The minimum absolute atomic E-state index is 0.413. The van der Waals surface area contributed by atoms with Crippen LogP contribution < -0.4 is 4.72 Å². The van der Waals surface area contributed by atoms with Gasteiger partial charge in [0.05, 0.1) is 23.0 Å². The van der Waals surface area contributed by atoms with E-state index in [1.807, 2.05) is 30.3 Å². The van der Waals surface area contributed by atoms with E-state index in [-0.39, 0.29) is 0 Å². The van der Waals surface area contributed by atoms with Gasteiger partial charge in [0.15, 0.2) is 4.90 Å². The summed E-state index contributed by atoms with van der Waals surface area (Å²) in [4.78, 5) is 0.835. The summed E-state index contributed by atoms with van der Waals surface area (Å²) >= 11 is -1.15. The van der Waals surface area contributed by atoms with Crippen LogP contribution in [-0.2, 0) is 17.8 Å². The van der Waals surface area contributed by atoms with E-state index in [2.05, 4.69) is 37.6 Å². The van der Waals surface area contributed by atoms with Crippen molar-refractivity contribution in [2.24, 2.45) is 0 Å². The molecule has 0 radical (unpaired) electrons. The SMILES string of the molecule is CN[S+]([O-])c1cc(C)c(C)c(CC[C@@H](C)c2ccc(C#N)cc2)c1. The van der Waals surface area contributed by atoms with Gasteiger partial charge in [0.2, 0.25) is 0 Å². The summed E-state index contributed by atoms with van der Waals surface area (Å²) < 4.78 is 14.8. The number of benzene rings is 2. The molecule has 126 valence electrons. The average Bonchev–Trinajstić information content (AvgIpc) is 2.61. The third kappa shape index (κ3) is 4.39. The predicted octanol–water partition coefficient (Wildman–Crippen LogP) is 4.15. The molecule has 0 amide bonds. The number of nitrogens with zero attached hydrogens (tertiary/aromatic N) is 1. The van der Waals surface area contributed by atoms with E-state index in [9.17, 15) is 4.55 Å². The smallest absolute Gasteiger partial charge is 0.174 e. The Bertz CT molecular complexity index is 735. The summed E-state index contributed by atoms with van der Waals surface area (Å²) in [6, 6.07) is 14.0. The van der Waals surface area contributed by atoms with Gasteiger partial charge >= 0.3 is 0 Å². The second-order valence-corrected chi connectivity index (χ2v) is 7.59. The number of rotatable bonds is 6. The molecule has 0 heterocycles. The fourth-order valence-corrected chi connectivity index (χ4v) is 3.57. The van der Waals surface area contributed by atoms with Crippen molar-refractivity contribution >= 4 is 11.4 Å². The molecule has 0 fully saturated rings. The van der Waals surface area contributed by atoms with Gasteiger partial charge in [-0.2, -0.15) is 5.26 Å². The first-order valence-electron chi connectivity index (χ1n) is 8.15. The number of nitrogens with one attached hydrogen (secondary N) is 1. The Kier molecular flexibility index (Phi) is 6.44. The highest BCUT2D eigenvalue weighted by molar-refractivity contribution is 7.89. The van der Waals surface area contributed by atoms with E-state index in [1.165, 1.54) is 22.3 Å². The van der Waals surface area contributed by atoms with Gasteiger partial charge in [-0.1, -0.05) is 19.1 Å². The van der Waals surface area contributed by atoms with Crippen LogP contribution in [0.1, 0.15) is 47.1 Å². The molecule has 0 spiro atoms. The van der Waals surface area contributed by atoms with E-state index >= 15 is 0 Å². The molecule has 2 rings (SSSR count). The molecule has 3 nitrogen and oxygen atoms in total.